The van der Waals surface area contributed by atoms with E-state index < -0.39 is 5.60 Å². The molecule has 0 aromatic heterocycles. The van der Waals surface area contributed by atoms with E-state index in [1.165, 1.54) is 12.8 Å². The van der Waals surface area contributed by atoms with Crippen molar-refractivity contribution in [3.63, 3.8) is 0 Å². The normalized spacial score (nSPS) is 41.2. The second-order valence-corrected chi connectivity index (χ2v) is 5.33. The van der Waals surface area contributed by atoms with Gasteiger partial charge in [0, 0.05) is 18.7 Å². The number of fused-ring (bicyclic) bond motifs is 2. The van der Waals surface area contributed by atoms with Crippen LogP contribution in [0.3, 0.4) is 0 Å². The zero-order chi connectivity index (χ0) is 11.8. The summed E-state index contributed by atoms with van der Waals surface area (Å²) in [5.41, 5.74) is 5.36. The van der Waals surface area contributed by atoms with E-state index in [0.29, 0.717) is 25.3 Å². The summed E-state index contributed by atoms with van der Waals surface area (Å²) in [5, 5.41) is 10.6. The molecule has 2 aliphatic heterocycles. The fourth-order valence-corrected chi connectivity index (χ4v) is 3.18. The molecule has 0 radical (unpaired) electrons. The molecule has 3 N–H and O–H groups in total. The molecule has 2 heterocycles. The van der Waals surface area contributed by atoms with Crippen LogP contribution in [0.5, 0.6) is 0 Å². The van der Waals surface area contributed by atoms with Crippen LogP contribution in [-0.4, -0.2) is 54.0 Å². The number of nitrogens with zero attached hydrogens (tertiary/aromatic N) is 1. The smallest absolute Gasteiger partial charge is 0.0850 e. The molecule has 0 amide bonds. The number of hydrogen-bond donors (Lipinski definition) is 2. The monoisotopic (exact) mass is 228 g/mol. The molecule has 94 valence electrons. The summed E-state index contributed by atoms with van der Waals surface area (Å²) in [6.45, 7) is 3.09. The first kappa shape index (κ1) is 12.3. The van der Waals surface area contributed by atoms with Crippen molar-refractivity contribution in [2.45, 2.75) is 56.3 Å². The number of rotatable bonds is 4. The van der Waals surface area contributed by atoms with E-state index in [1.54, 1.807) is 0 Å². The summed E-state index contributed by atoms with van der Waals surface area (Å²) in [6.07, 6.45) is 4.00. The predicted octanol–water partition coefficient (Wildman–Crippen LogP) is 0.338. The minimum absolute atomic E-state index is 0.246. The standard InChI is InChI=1S/C12H24N2O2/c1-3-16-8-11(13)12(15)6-9-4-5-10(7-12)14(9)2/h9-11,15H,3-8,13H2,1-2H3. The van der Waals surface area contributed by atoms with Crippen LogP contribution >= 0.6 is 0 Å². The maximum absolute atomic E-state index is 10.6. The summed E-state index contributed by atoms with van der Waals surface area (Å²) >= 11 is 0. The van der Waals surface area contributed by atoms with Gasteiger partial charge in [-0.05, 0) is 39.7 Å². The van der Waals surface area contributed by atoms with Gasteiger partial charge in [0.25, 0.3) is 0 Å². The Hall–Kier alpha value is -0.160. The fraction of sp³-hybridized carbons (Fsp3) is 1.00. The van der Waals surface area contributed by atoms with Crippen molar-refractivity contribution in [3.8, 4) is 0 Å². The Morgan fingerprint density at radius 1 is 1.44 bits per heavy atom. The van der Waals surface area contributed by atoms with Crippen molar-refractivity contribution in [2.24, 2.45) is 5.73 Å². The molecule has 16 heavy (non-hydrogen) atoms. The molecular weight excluding hydrogens is 204 g/mol. The first-order valence-electron chi connectivity index (χ1n) is 6.34. The lowest BCUT2D eigenvalue weighted by molar-refractivity contribution is -0.0776. The molecule has 0 aliphatic carbocycles. The summed E-state index contributed by atoms with van der Waals surface area (Å²) in [4.78, 5) is 2.40. The van der Waals surface area contributed by atoms with E-state index in [0.717, 1.165) is 12.8 Å². The molecular formula is C12H24N2O2. The van der Waals surface area contributed by atoms with Crippen molar-refractivity contribution in [1.29, 1.82) is 0 Å². The van der Waals surface area contributed by atoms with E-state index in [1.807, 2.05) is 6.92 Å². The number of hydrogen-bond acceptors (Lipinski definition) is 4. The van der Waals surface area contributed by atoms with Gasteiger partial charge in [-0.3, -0.25) is 0 Å². The first-order valence-corrected chi connectivity index (χ1v) is 6.34. The highest BCUT2D eigenvalue weighted by Crippen LogP contribution is 2.40. The Labute approximate surface area is 97.7 Å². The Morgan fingerprint density at radius 3 is 2.50 bits per heavy atom. The molecule has 2 fully saturated rings. The topological polar surface area (TPSA) is 58.7 Å². The van der Waals surface area contributed by atoms with Crippen LogP contribution in [-0.2, 0) is 4.74 Å². The second kappa shape index (κ2) is 4.61. The SMILES string of the molecule is CCOCC(N)C1(O)CC2CCC(C1)N2C. The molecule has 0 aromatic rings. The van der Waals surface area contributed by atoms with Gasteiger partial charge in [0.1, 0.15) is 0 Å². The predicted molar refractivity (Wildman–Crippen MR) is 63.2 cm³/mol. The highest BCUT2D eigenvalue weighted by Gasteiger charge is 2.48. The molecule has 0 saturated carbocycles. The maximum Gasteiger partial charge on any atom is 0.0850 e. The third-order valence-corrected chi connectivity index (χ3v) is 4.35. The Morgan fingerprint density at radius 2 is 2.00 bits per heavy atom. The van der Waals surface area contributed by atoms with Crippen molar-refractivity contribution in [2.75, 3.05) is 20.3 Å². The Balaban J connectivity index is 1.98. The van der Waals surface area contributed by atoms with Gasteiger partial charge in [0.05, 0.1) is 18.2 Å². The molecule has 4 nitrogen and oxygen atoms in total. The lowest BCUT2D eigenvalue weighted by Crippen LogP contribution is -2.59. The van der Waals surface area contributed by atoms with Crippen LogP contribution < -0.4 is 5.73 Å². The highest BCUT2D eigenvalue weighted by atomic mass is 16.5. The number of ether oxygens (including phenoxy) is 1. The van der Waals surface area contributed by atoms with Gasteiger partial charge >= 0.3 is 0 Å². The zero-order valence-electron chi connectivity index (χ0n) is 10.4. The summed E-state index contributed by atoms with van der Waals surface area (Å²) in [7, 11) is 2.16. The third kappa shape index (κ3) is 2.12. The van der Waals surface area contributed by atoms with Crippen molar-refractivity contribution < 1.29 is 9.84 Å². The maximum atomic E-state index is 10.6. The molecule has 2 rings (SSSR count). The molecule has 3 unspecified atom stereocenters. The summed E-state index contributed by atoms with van der Waals surface area (Å²) in [6, 6.07) is 0.775. The van der Waals surface area contributed by atoms with Gasteiger partial charge in [0.2, 0.25) is 0 Å². The lowest BCUT2D eigenvalue weighted by atomic mass is 9.81. The average Bonchev–Trinajstić information content (AvgIpc) is 2.51. The molecule has 2 saturated heterocycles. The van der Waals surface area contributed by atoms with Crippen molar-refractivity contribution in [1.82, 2.24) is 4.90 Å². The van der Waals surface area contributed by atoms with E-state index >= 15 is 0 Å². The van der Waals surface area contributed by atoms with Crippen LogP contribution in [0.25, 0.3) is 0 Å². The summed E-state index contributed by atoms with van der Waals surface area (Å²) < 4.78 is 5.33. The third-order valence-electron chi connectivity index (χ3n) is 4.35. The van der Waals surface area contributed by atoms with Gasteiger partial charge in [0.15, 0.2) is 0 Å². The molecule has 2 bridgehead atoms. The Kier molecular flexibility index (Phi) is 3.54. The van der Waals surface area contributed by atoms with Gasteiger partial charge in [-0.15, -0.1) is 0 Å². The highest BCUT2D eigenvalue weighted by molar-refractivity contribution is 5.04. The van der Waals surface area contributed by atoms with Crippen LogP contribution in [0.15, 0.2) is 0 Å². The van der Waals surface area contributed by atoms with E-state index in [4.69, 9.17) is 10.5 Å². The van der Waals surface area contributed by atoms with Crippen LogP contribution in [0.2, 0.25) is 0 Å². The molecule has 3 atom stereocenters. The fourth-order valence-electron chi connectivity index (χ4n) is 3.18. The number of piperidine rings is 1. The van der Waals surface area contributed by atoms with Crippen LogP contribution in [0.1, 0.15) is 32.6 Å². The number of aliphatic hydroxyl groups is 1. The molecule has 0 spiro atoms. The van der Waals surface area contributed by atoms with Gasteiger partial charge in [-0.2, -0.15) is 0 Å². The first-order chi connectivity index (χ1) is 7.57. The van der Waals surface area contributed by atoms with Crippen LogP contribution in [0.4, 0.5) is 0 Å². The largest absolute Gasteiger partial charge is 0.388 e. The van der Waals surface area contributed by atoms with Gasteiger partial charge in [-0.1, -0.05) is 0 Å². The second-order valence-electron chi connectivity index (χ2n) is 5.33. The van der Waals surface area contributed by atoms with E-state index in [2.05, 4.69) is 11.9 Å². The van der Waals surface area contributed by atoms with Crippen LogP contribution in [0, 0.1) is 0 Å². The van der Waals surface area contributed by atoms with Crippen molar-refractivity contribution >= 4 is 0 Å². The van der Waals surface area contributed by atoms with Gasteiger partial charge < -0.3 is 20.5 Å². The zero-order valence-corrected chi connectivity index (χ0v) is 10.4. The lowest BCUT2D eigenvalue weighted by Gasteiger charge is -2.44. The minimum Gasteiger partial charge on any atom is -0.388 e. The quantitative estimate of drug-likeness (QED) is 0.728. The van der Waals surface area contributed by atoms with Gasteiger partial charge in [-0.25, -0.2) is 0 Å². The Bertz CT molecular complexity index is 233. The molecule has 2 aliphatic rings. The average molecular weight is 228 g/mol. The van der Waals surface area contributed by atoms with Crippen molar-refractivity contribution in [3.05, 3.63) is 0 Å². The minimum atomic E-state index is -0.715. The molecule has 0 aromatic carbocycles. The molecule has 4 heteroatoms. The summed E-state index contributed by atoms with van der Waals surface area (Å²) in [5.74, 6) is 0. The number of nitrogens with two attached hydrogens (primary N) is 1. The van der Waals surface area contributed by atoms with E-state index in [-0.39, 0.29) is 6.04 Å². The van der Waals surface area contributed by atoms with E-state index in [9.17, 15) is 5.11 Å².